The molecule has 1 atom stereocenters. The third kappa shape index (κ3) is 7.25. The highest BCUT2D eigenvalue weighted by Gasteiger charge is 2.35. The molecule has 0 spiro atoms. The average Bonchev–Trinajstić information content (AvgIpc) is 3.53. The van der Waals surface area contributed by atoms with Crippen molar-refractivity contribution in [2.24, 2.45) is 0 Å². The fourth-order valence-electron chi connectivity index (χ4n) is 5.51. The van der Waals surface area contributed by atoms with E-state index >= 15 is 0 Å². The lowest BCUT2D eigenvalue weighted by molar-refractivity contribution is -0.140. The van der Waals surface area contributed by atoms with Crippen LogP contribution in [0.5, 0.6) is 11.5 Å². The van der Waals surface area contributed by atoms with E-state index in [2.05, 4.69) is 5.32 Å². The second-order valence-corrected chi connectivity index (χ2v) is 13.0. The van der Waals surface area contributed by atoms with Crippen LogP contribution >= 0.6 is 11.6 Å². The van der Waals surface area contributed by atoms with Gasteiger partial charge in [0.2, 0.25) is 11.8 Å². The van der Waals surface area contributed by atoms with Crippen LogP contribution in [0.2, 0.25) is 5.02 Å². The molecule has 0 aromatic heterocycles. The maximum atomic E-state index is 14.3. The number of hydrogen-bond donors (Lipinski definition) is 1. The molecular formula is C32H36ClN3O6S. The van der Waals surface area contributed by atoms with Gasteiger partial charge in [-0.2, -0.15) is 0 Å². The van der Waals surface area contributed by atoms with E-state index in [0.29, 0.717) is 36.2 Å². The fourth-order valence-corrected chi connectivity index (χ4v) is 7.06. The number of nitrogens with one attached hydrogen (secondary N) is 1. The molecule has 0 bridgehead atoms. The second-order valence-electron chi connectivity index (χ2n) is 10.7. The van der Waals surface area contributed by atoms with E-state index in [9.17, 15) is 18.0 Å². The van der Waals surface area contributed by atoms with Gasteiger partial charge in [-0.3, -0.25) is 13.9 Å². The standard InChI is InChI=1S/C32H36ClN3O6S/c1-2-28(32(38)34-25-8-6-7-9-25)35(21-23-12-14-24(33)15-13-23)31(37)22-36(43(39,40)27-10-4-3-5-11-27)26-16-17-29-30(20-26)42-19-18-41-29/h3-5,10-17,20,25,28H,2,6-9,18-19,21-22H2,1H3,(H,34,38). The number of benzene rings is 3. The number of fused-ring (bicyclic) bond motifs is 1. The van der Waals surface area contributed by atoms with Gasteiger partial charge in [0.15, 0.2) is 11.5 Å². The molecule has 1 saturated carbocycles. The van der Waals surface area contributed by atoms with Crippen LogP contribution in [0.1, 0.15) is 44.6 Å². The van der Waals surface area contributed by atoms with Gasteiger partial charge in [-0.05, 0) is 61.2 Å². The number of nitrogens with zero attached hydrogens (tertiary/aromatic N) is 2. The fraction of sp³-hybridized carbons (Fsp3) is 0.375. The van der Waals surface area contributed by atoms with Crippen molar-refractivity contribution in [3.8, 4) is 11.5 Å². The van der Waals surface area contributed by atoms with Gasteiger partial charge in [0, 0.05) is 23.7 Å². The Morgan fingerprint density at radius 3 is 2.30 bits per heavy atom. The van der Waals surface area contributed by atoms with E-state index in [1.165, 1.54) is 17.0 Å². The molecule has 43 heavy (non-hydrogen) atoms. The van der Waals surface area contributed by atoms with Gasteiger partial charge < -0.3 is 19.7 Å². The first-order chi connectivity index (χ1) is 20.8. The van der Waals surface area contributed by atoms with Crippen molar-refractivity contribution < 1.29 is 27.5 Å². The molecule has 1 aliphatic heterocycles. The minimum atomic E-state index is -4.19. The van der Waals surface area contributed by atoms with Crippen molar-refractivity contribution in [2.45, 2.75) is 62.6 Å². The summed E-state index contributed by atoms with van der Waals surface area (Å²) in [6.45, 7) is 2.13. The Morgan fingerprint density at radius 1 is 0.953 bits per heavy atom. The summed E-state index contributed by atoms with van der Waals surface area (Å²) in [5.41, 5.74) is 1.01. The molecule has 2 aliphatic rings. The van der Waals surface area contributed by atoms with E-state index in [1.807, 2.05) is 6.92 Å². The zero-order valence-corrected chi connectivity index (χ0v) is 25.6. The minimum Gasteiger partial charge on any atom is -0.486 e. The number of carbonyl (C=O) groups is 2. The molecule has 3 aromatic rings. The summed E-state index contributed by atoms with van der Waals surface area (Å²) in [4.78, 5) is 29.3. The molecule has 0 radical (unpaired) electrons. The maximum absolute atomic E-state index is 14.3. The molecule has 1 fully saturated rings. The molecule has 1 N–H and O–H groups in total. The molecule has 11 heteroatoms. The molecule has 2 amide bonds. The lowest BCUT2D eigenvalue weighted by Crippen LogP contribution is -2.53. The minimum absolute atomic E-state index is 0.0351. The average molecular weight is 626 g/mol. The van der Waals surface area contributed by atoms with E-state index in [4.69, 9.17) is 21.1 Å². The van der Waals surface area contributed by atoms with E-state index in [-0.39, 0.29) is 29.1 Å². The molecule has 9 nitrogen and oxygen atoms in total. The zero-order valence-electron chi connectivity index (χ0n) is 24.1. The number of sulfonamides is 1. The van der Waals surface area contributed by atoms with Gasteiger partial charge in [0.25, 0.3) is 10.0 Å². The van der Waals surface area contributed by atoms with E-state index < -0.39 is 28.5 Å². The van der Waals surface area contributed by atoms with Gasteiger partial charge in [0.05, 0.1) is 10.6 Å². The van der Waals surface area contributed by atoms with Gasteiger partial charge in [-0.15, -0.1) is 0 Å². The number of hydrogen-bond acceptors (Lipinski definition) is 6. The SMILES string of the molecule is CCC(C(=O)NC1CCCC1)N(Cc1ccc(Cl)cc1)C(=O)CN(c1ccc2c(c1)OCCO2)S(=O)(=O)c1ccccc1. The summed E-state index contributed by atoms with van der Waals surface area (Å²) in [7, 11) is -4.19. The van der Waals surface area contributed by atoms with Crippen LogP contribution in [0.15, 0.2) is 77.7 Å². The van der Waals surface area contributed by atoms with E-state index in [1.54, 1.807) is 60.7 Å². The van der Waals surface area contributed by atoms with Crippen LogP contribution in [0.3, 0.4) is 0 Å². The van der Waals surface area contributed by atoms with Gasteiger partial charge >= 0.3 is 0 Å². The Balaban J connectivity index is 1.51. The Kier molecular flexibility index (Phi) is 9.77. The summed E-state index contributed by atoms with van der Waals surface area (Å²) in [6.07, 6.45) is 4.27. The number of rotatable bonds is 11. The quantitative estimate of drug-likeness (QED) is 0.315. The maximum Gasteiger partial charge on any atom is 0.264 e. The van der Waals surface area contributed by atoms with Crippen LogP contribution < -0.4 is 19.1 Å². The predicted molar refractivity (Wildman–Crippen MR) is 165 cm³/mol. The van der Waals surface area contributed by atoms with Gasteiger partial charge in [-0.1, -0.05) is 61.7 Å². The Hall–Kier alpha value is -3.76. The zero-order chi connectivity index (χ0) is 30.4. The lowest BCUT2D eigenvalue weighted by atomic mass is 10.1. The number of anilines is 1. The Labute approximate surface area is 257 Å². The number of halogens is 1. The van der Waals surface area contributed by atoms with Crippen molar-refractivity contribution in [2.75, 3.05) is 24.1 Å². The molecule has 1 aliphatic carbocycles. The molecule has 1 heterocycles. The molecule has 0 saturated heterocycles. The van der Waals surface area contributed by atoms with Crippen LogP contribution in [0.4, 0.5) is 5.69 Å². The van der Waals surface area contributed by atoms with Crippen LogP contribution in [0.25, 0.3) is 0 Å². The van der Waals surface area contributed by atoms with Crippen LogP contribution in [-0.2, 0) is 26.2 Å². The summed E-state index contributed by atoms with van der Waals surface area (Å²) < 4.78 is 40.5. The van der Waals surface area contributed by atoms with Crippen molar-refractivity contribution in [1.82, 2.24) is 10.2 Å². The first kappa shape index (κ1) is 30.7. The normalized spacial score (nSPS) is 15.5. The monoisotopic (exact) mass is 625 g/mol. The summed E-state index contributed by atoms with van der Waals surface area (Å²) >= 11 is 6.10. The first-order valence-electron chi connectivity index (χ1n) is 14.6. The van der Waals surface area contributed by atoms with Gasteiger partial charge in [-0.25, -0.2) is 8.42 Å². The molecule has 5 rings (SSSR count). The highest BCUT2D eigenvalue weighted by atomic mass is 35.5. The van der Waals surface area contributed by atoms with Crippen molar-refractivity contribution >= 4 is 39.1 Å². The van der Waals surface area contributed by atoms with Crippen molar-refractivity contribution in [3.63, 3.8) is 0 Å². The van der Waals surface area contributed by atoms with E-state index in [0.717, 1.165) is 35.6 Å². The second kappa shape index (κ2) is 13.7. The van der Waals surface area contributed by atoms with Crippen LogP contribution in [0, 0.1) is 0 Å². The third-order valence-electron chi connectivity index (χ3n) is 7.78. The highest BCUT2D eigenvalue weighted by molar-refractivity contribution is 7.92. The van der Waals surface area contributed by atoms with Crippen molar-refractivity contribution in [3.05, 3.63) is 83.4 Å². The molecule has 228 valence electrons. The van der Waals surface area contributed by atoms with Crippen molar-refractivity contribution in [1.29, 1.82) is 0 Å². The highest BCUT2D eigenvalue weighted by Crippen LogP contribution is 2.36. The molecular weight excluding hydrogens is 590 g/mol. The Morgan fingerprint density at radius 2 is 1.63 bits per heavy atom. The summed E-state index contributed by atoms with van der Waals surface area (Å²) in [5, 5.41) is 3.67. The van der Waals surface area contributed by atoms with Gasteiger partial charge in [0.1, 0.15) is 25.8 Å². The number of ether oxygens (including phenoxy) is 2. The number of amides is 2. The Bertz CT molecular complexity index is 1530. The molecule has 1 unspecified atom stereocenters. The predicted octanol–water partition coefficient (Wildman–Crippen LogP) is 5.17. The van der Waals surface area contributed by atoms with Crippen LogP contribution in [-0.4, -0.2) is 57.0 Å². The smallest absolute Gasteiger partial charge is 0.264 e. The third-order valence-corrected chi connectivity index (χ3v) is 9.82. The largest absolute Gasteiger partial charge is 0.486 e. The first-order valence-corrected chi connectivity index (χ1v) is 16.4. The summed E-state index contributed by atoms with van der Waals surface area (Å²) in [6, 6.07) is 19.1. The lowest BCUT2D eigenvalue weighted by Gasteiger charge is -2.34. The number of carbonyl (C=O) groups excluding carboxylic acids is 2. The topological polar surface area (TPSA) is 105 Å². The summed E-state index contributed by atoms with van der Waals surface area (Å²) in [5.74, 6) is 0.133. The molecule has 3 aromatic carbocycles.